The Hall–Kier alpha value is -2.61. The number of hydrogen-bond acceptors (Lipinski definition) is 5. The van der Waals surface area contributed by atoms with E-state index in [2.05, 4.69) is 15.9 Å². The van der Waals surface area contributed by atoms with Gasteiger partial charge >= 0.3 is 10.1 Å². The van der Waals surface area contributed by atoms with E-state index in [1.54, 1.807) is 42.5 Å². The van der Waals surface area contributed by atoms with Crippen LogP contribution in [0.3, 0.4) is 0 Å². The molecule has 146 valence electrons. The highest BCUT2D eigenvalue weighted by molar-refractivity contribution is 9.10. The highest BCUT2D eigenvalue weighted by Gasteiger charge is 2.29. The lowest BCUT2D eigenvalue weighted by atomic mass is 10.1. The molecule has 0 radical (unpaired) electrons. The van der Waals surface area contributed by atoms with Crippen molar-refractivity contribution in [1.29, 1.82) is 0 Å². The topological polar surface area (TPSA) is 69.7 Å². The third kappa shape index (κ3) is 4.07. The van der Waals surface area contributed by atoms with Gasteiger partial charge in [0.2, 0.25) is 5.78 Å². The molecule has 0 N–H and O–H groups in total. The third-order valence-corrected chi connectivity index (χ3v) is 6.28. The average Bonchev–Trinajstić information content (AvgIpc) is 2.98. The quantitative estimate of drug-likeness (QED) is 0.357. The minimum absolute atomic E-state index is 0.0116. The molecule has 8 heteroatoms. The Labute approximate surface area is 180 Å². The van der Waals surface area contributed by atoms with Crippen molar-refractivity contribution in [1.82, 2.24) is 0 Å². The van der Waals surface area contributed by atoms with Crippen LogP contribution in [0.25, 0.3) is 6.08 Å². The molecule has 3 aromatic rings. The molecule has 5 nitrogen and oxygen atoms in total. The summed E-state index contributed by atoms with van der Waals surface area (Å²) in [6.07, 6.45) is 1.55. The van der Waals surface area contributed by atoms with E-state index in [0.29, 0.717) is 16.1 Å². The SMILES string of the molecule is O=C1/C(=C/c2ccccc2Cl)Oc2cc(OS(=O)(=O)c3ccc(Br)cc3)ccc21. The number of carbonyl (C=O) groups excluding carboxylic acids is 1. The van der Waals surface area contributed by atoms with Crippen LogP contribution in [0.1, 0.15) is 15.9 Å². The van der Waals surface area contributed by atoms with E-state index in [0.717, 1.165) is 4.47 Å². The largest absolute Gasteiger partial charge is 0.452 e. The average molecular weight is 492 g/mol. The Bertz CT molecular complexity index is 1250. The normalized spacial score (nSPS) is 14.6. The molecule has 0 unspecified atom stereocenters. The van der Waals surface area contributed by atoms with Gasteiger partial charge in [-0.3, -0.25) is 4.79 Å². The van der Waals surface area contributed by atoms with Crippen LogP contribution in [-0.4, -0.2) is 14.2 Å². The van der Waals surface area contributed by atoms with Crippen LogP contribution in [0.2, 0.25) is 5.02 Å². The standard InChI is InChI=1S/C21H12BrClO5S/c22-14-5-8-16(9-6-14)29(25,26)28-15-7-10-17-19(12-15)27-20(21(17)24)11-13-3-1-2-4-18(13)23/h1-12H/b20-11-. The summed E-state index contributed by atoms with van der Waals surface area (Å²) >= 11 is 9.38. The number of ether oxygens (including phenoxy) is 1. The van der Waals surface area contributed by atoms with E-state index in [1.165, 1.54) is 30.3 Å². The predicted octanol–water partition coefficient (Wildman–Crippen LogP) is 5.49. The van der Waals surface area contributed by atoms with Crippen molar-refractivity contribution in [3.63, 3.8) is 0 Å². The van der Waals surface area contributed by atoms with Gasteiger partial charge in [0, 0.05) is 15.6 Å². The van der Waals surface area contributed by atoms with Gasteiger partial charge in [-0.05, 0) is 54.1 Å². The first-order chi connectivity index (χ1) is 13.8. The number of hydrogen-bond donors (Lipinski definition) is 0. The Balaban J connectivity index is 1.61. The summed E-state index contributed by atoms with van der Waals surface area (Å²) in [6.45, 7) is 0. The number of ketones is 1. The predicted molar refractivity (Wildman–Crippen MR) is 113 cm³/mol. The van der Waals surface area contributed by atoms with Crippen molar-refractivity contribution < 1.29 is 22.1 Å². The van der Waals surface area contributed by atoms with Crippen LogP contribution >= 0.6 is 27.5 Å². The first-order valence-corrected chi connectivity index (χ1v) is 10.9. The van der Waals surface area contributed by atoms with E-state index in [9.17, 15) is 13.2 Å². The van der Waals surface area contributed by atoms with Crippen LogP contribution in [0.4, 0.5) is 0 Å². The second-order valence-electron chi connectivity index (χ2n) is 6.11. The monoisotopic (exact) mass is 490 g/mol. The fraction of sp³-hybridized carbons (Fsp3) is 0. The van der Waals surface area contributed by atoms with E-state index < -0.39 is 10.1 Å². The Morgan fingerprint density at radius 3 is 2.45 bits per heavy atom. The van der Waals surface area contributed by atoms with Gasteiger partial charge in [-0.2, -0.15) is 8.42 Å². The van der Waals surface area contributed by atoms with Gasteiger partial charge in [0.05, 0.1) is 5.56 Å². The third-order valence-electron chi connectivity index (χ3n) is 4.14. The highest BCUT2D eigenvalue weighted by atomic mass is 79.9. The smallest absolute Gasteiger partial charge is 0.339 e. The Morgan fingerprint density at radius 1 is 1.00 bits per heavy atom. The molecule has 0 saturated heterocycles. The summed E-state index contributed by atoms with van der Waals surface area (Å²) in [7, 11) is -4.02. The number of fused-ring (bicyclic) bond motifs is 1. The first kappa shape index (κ1) is 19.7. The summed E-state index contributed by atoms with van der Waals surface area (Å²) in [5, 5.41) is 0.483. The minimum Gasteiger partial charge on any atom is -0.452 e. The number of Topliss-reactive ketones (excluding diaryl/α,β-unsaturated/α-hetero) is 1. The maximum atomic E-state index is 12.6. The molecule has 0 fully saturated rings. The molecule has 1 aliphatic heterocycles. The number of benzene rings is 3. The maximum absolute atomic E-state index is 12.6. The number of carbonyl (C=O) groups is 1. The Morgan fingerprint density at radius 2 is 1.72 bits per heavy atom. The molecule has 0 amide bonds. The molecule has 0 aliphatic carbocycles. The Kier molecular flexibility index (Phi) is 5.21. The van der Waals surface area contributed by atoms with Crippen molar-refractivity contribution in [2.75, 3.05) is 0 Å². The van der Waals surface area contributed by atoms with Gasteiger partial charge in [-0.1, -0.05) is 45.7 Å². The molecule has 1 aliphatic rings. The van der Waals surface area contributed by atoms with Crippen molar-refractivity contribution in [2.45, 2.75) is 4.90 Å². The lowest BCUT2D eigenvalue weighted by Gasteiger charge is -2.08. The molecule has 1 heterocycles. The summed E-state index contributed by atoms with van der Waals surface area (Å²) < 4.78 is 36.5. The van der Waals surface area contributed by atoms with Crippen molar-refractivity contribution in [2.24, 2.45) is 0 Å². The lowest BCUT2D eigenvalue weighted by molar-refractivity contribution is 0.101. The van der Waals surface area contributed by atoms with Gasteiger partial charge < -0.3 is 8.92 Å². The van der Waals surface area contributed by atoms with Gasteiger partial charge in [-0.15, -0.1) is 0 Å². The molecule has 0 saturated carbocycles. The zero-order valence-electron chi connectivity index (χ0n) is 14.6. The highest BCUT2D eigenvalue weighted by Crippen LogP contribution is 2.36. The lowest BCUT2D eigenvalue weighted by Crippen LogP contribution is -2.09. The van der Waals surface area contributed by atoms with Crippen LogP contribution < -0.4 is 8.92 Å². The maximum Gasteiger partial charge on any atom is 0.339 e. The molecule has 0 spiro atoms. The van der Waals surface area contributed by atoms with Crippen LogP contribution in [0.5, 0.6) is 11.5 Å². The molecular weight excluding hydrogens is 480 g/mol. The summed E-state index contributed by atoms with van der Waals surface area (Å²) in [6, 6.07) is 17.4. The number of allylic oxidation sites excluding steroid dienone is 1. The fourth-order valence-corrected chi connectivity index (χ4v) is 4.11. The molecule has 29 heavy (non-hydrogen) atoms. The first-order valence-electron chi connectivity index (χ1n) is 8.36. The molecule has 3 aromatic carbocycles. The second kappa shape index (κ2) is 7.67. The van der Waals surface area contributed by atoms with Crippen molar-refractivity contribution in [3.8, 4) is 11.5 Å². The molecule has 0 bridgehead atoms. The number of rotatable bonds is 4. The zero-order chi connectivity index (χ0) is 20.6. The van der Waals surface area contributed by atoms with Gasteiger partial charge in [0.25, 0.3) is 0 Å². The van der Waals surface area contributed by atoms with E-state index in [-0.39, 0.29) is 27.9 Å². The van der Waals surface area contributed by atoms with Crippen molar-refractivity contribution in [3.05, 3.63) is 93.1 Å². The summed E-state index contributed by atoms with van der Waals surface area (Å²) in [5.74, 6) is 0.0403. The summed E-state index contributed by atoms with van der Waals surface area (Å²) in [4.78, 5) is 12.6. The second-order valence-corrected chi connectivity index (χ2v) is 8.98. The minimum atomic E-state index is -4.02. The number of halogens is 2. The van der Waals surface area contributed by atoms with Crippen LogP contribution in [0.15, 0.2) is 81.9 Å². The fourth-order valence-electron chi connectivity index (χ4n) is 2.73. The van der Waals surface area contributed by atoms with Gasteiger partial charge in [0.15, 0.2) is 5.76 Å². The molecule has 0 atom stereocenters. The summed E-state index contributed by atoms with van der Waals surface area (Å²) in [5.41, 5.74) is 0.955. The molecule has 0 aromatic heterocycles. The van der Waals surface area contributed by atoms with Crippen LogP contribution in [-0.2, 0) is 10.1 Å². The molecule has 4 rings (SSSR count). The van der Waals surface area contributed by atoms with E-state index in [4.69, 9.17) is 20.5 Å². The zero-order valence-corrected chi connectivity index (χ0v) is 17.8. The van der Waals surface area contributed by atoms with E-state index in [1.807, 2.05) is 0 Å². The van der Waals surface area contributed by atoms with Crippen LogP contribution in [0, 0.1) is 0 Å². The van der Waals surface area contributed by atoms with Crippen molar-refractivity contribution >= 4 is 49.5 Å². The molecular formula is C21H12BrClO5S. The van der Waals surface area contributed by atoms with Gasteiger partial charge in [-0.25, -0.2) is 0 Å². The van der Waals surface area contributed by atoms with E-state index >= 15 is 0 Å². The van der Waals surface area contributed by atoms with Gasteiger partial charge in [0.1, 0.15) is 16.4 Å².